The molecule has 0 radical (unpaired) electrons. The number of aryl methyl sites for hydroxylation is 1. The van der Waals surface area contributed by atoms with Gasteiger partial charge in [0.2, 0.25) is 0 Å². The second kappa shape index (κ2) is 4.13. The lowest BCUT2D eigenvalue weighted by Gasteiger charge is -2.14. The van der Waals surface area contributed by atoms with E-state index >= 15 is 0 Å². The van der Waals surface area contributed by atoms with E-state index in [1.165, 1.54) is 33.0 Å². The highest BCUT2D eigenvalue weighted by molar-refractivity contribution is 5.95. The molecule has 0 saturated heterocycles. The van der Waals surface area contributed by atoms with Gasteiger partial charge in [0.05, 0.1) is 0 Å². The number of benzene rings is 2. The molecule has 2 aromatic carbocycles. The van der Waals surface area contributed by atoms with Gasteiger partial charge in [-0.05, 0) is 60.7 Å². The third-order valence-electron chi connectivity index (χ3n) is 3.48. The first-order valence-electron chi connectivity index (χ1n) is 5.78. The van der Waals surface area contributed by atoms with Crippen molar-refractivity contribution in [3.05, 3.63) is 52.6 Å². The van der Waals surface area contributed by atoms with Crippen LogP contribution in [0.4, 0.5) is 0 Å². The highest BCUT2D eigenvalue weighted by atomic mass is 14.1. The largest absolute Gasteiger partial charge is 0.0870 e. The predicted octanol–water partition coefficient (Wildman–Crippen LogP) is 4.80. The molecule has 82 valence electrons. The van der Waals surface area contributed by atoms with Gasteiger partial charge in [0.15, 0.2) is 0 Å². The standard InChI is InChI=1S/C16H18/c1-5-8-14-12(3)11(2)13(4)15-9-6-7-10-16(14)15/h5-10H,1-4H3/b8-5-. The minimum absolute atomic E-state index is 1.36. The van der Waals surface area contributed by atoms with Crippen molar-refractivity contribution in [2.75, 3.05) is 0 Å². The van der Waals surface area contributed by atoms with E-state index in [0.29, 0.717) is 0 Å². The Morgan fingerprint density at radius 3 is 2.06 bits per heavy atom. The maximum atomic E-state index is 2.21. The molecular weight excluding hydrogens is 192 g/mol. The molecule has 0 aliphatic rings. The Bertz CT molecular complexity index is 560. The fraction of sp³-hybridized carbons (Fsp3) is 0.250. The lowest BCUT2D eigenvalue weighted by molar-refractivity contribution is 1.29. The third kappa shape index (κ3) is 1.55. The van der Waals surface area contributed by atoms with Crippen LogP contribution >= 0.6 is 0 Å². The molecule has 0 heterocycles. The van der Waals surface area contributed by atoms with Gasteiger partial charge in [0.1, 0.15) is 0 Å². The summed E-state index contributed by atoms with van der Waals surface area (Å²) in [6.45, 7) is 8.71. The van der Waals surface area contributed by atoms with Crippen LogP contribution in [0.2, 0.25) is 0 Å². The van der Waals surface area contributed by atoms with Gasteiger partial charge in [0.25, 0.3) is 0 Å². The van der Waals surface area contributed by atoms with Crippen LogP contribution in [-0.2, 0) is 0 Å². The molecule has 0 fully saturated rings. The van der Waals surface area contributed by atoms with Crippen LogP contribution in [0.25, 0.3) is 16.8 Å². The smallest absolute Gasteiger partial charge is 0.0106 e. The van der Waals surface area contributed by atoms with E-state index < -0.39 is 0 Å². The topological polar surface area (TPSA) is 0 Å². The zero-order chi connectivity index (χ0) is 11.7. The molecule has 0 heteroatoms. The van der Waals surface area contributed by atoms with Gasteiger partial charge in [-0.2, -0.15) is 0 Å². The SMILES string of the molecule is C/C=C\c1c(C)c(C)c(C)c2ccccc12. The van der Waals surface area contributed by atoms with E-state index in [0.717, 1.165) is 0 Å². The molecule has 0 aliphatic carbocycles. The molecule has 2 aromatic rings. The third-order valence-corrected chi connectivity index (χ3v) is 3.48. The van der Waals surface area contributed by atoms with E-state index in [-0.39, 0.29) is 0 Å². The van der Waals surface area contributed by atoms with E-state index in [2.05, 4.69) is 64.1 Å². The summed E-state index contributed by atoms with van der Waals surface area (Å²) < 4.78 is 0. The van der Waals surface area contributed by atoms with Gasteiger partial charge in [-0.1, -0.05) is 36.4 Å². The molecule has 0 saturated carbocycles. The first-order valence-corrected chi connectivity index (χ1v) is 5.78. The quantitative estimate of drug-likeness (QED) is 0.634. The summed E-state index contributed by atoms with van der Waals surface area (Å²) in [7, 11) is 0. The molecule has 0 spiro atoms. The van der Waals surface area contributed by atoms with Crippen molar-refractivity contribution in [3.63, 3.8) is 0 Å². The maximum Gasteiger partial charge on any atom is -0.0106 e. The molecule has 0 atom stereocenters. The summed E-state index contributed by atoms with van der Waals surface area (Å²) in [5, 5.41) is 2.74. The molecule has 0 aliphatic heterocycles. The number of allylic oxidation sites excluding steroid dienone is 1. The average molecular weight is 210 g/mol. The van der Waals surface area contributed by atoms with E-state index in [9.17, 15) is 0 Å². The van der Waals surface area contributed by atoms with Crippen molar-refractivity contribution in [1.29, 1.82) is 0 Å². The average Bonchev–Trinajstić information content (AvgIpc) is 2.32. The number of hydrogen-bond donors (Lipinski definition) is 0. The summed E-state index contributed by atoms with van der Waals surface area (Å²) in [6.07, 6.45) is 4.33. The van der Waals surface area contributed by atoms with E-state index in [4.69, 9.17) is 0 Å². The van der Waals surface area contributed by atoms with Crippen LogP contribution in [-0.4, -0.2) is 0 Å². The Morgan fingerprint density at radius 2 is 1.44 bits per heavy atom. The fourth-order valence-electron chi connectivity index (χ4n) is 2.31. The van der Waals surface area contributed by atoms with Crippen molar-refractivity contribution in [1.82, 2.24) is 0 Å². The second-order valence-corrected chi connectivity index (χ2v) is 4.33. The Hall–Kier alpha value is -1.56. The van der Waals surface area contributed by atoms with Crippen LogP contribution in [0.15, 0.2) is 30.3 Å². The Morgan fingerprint density at radius 1 is 0.812 bits per heavy atom. The molecule has 2 rings (SSSR count). The molecule has 0 bridgehead atoms. The number of hydrogen-bond acceptors (Lipinski definition) is 0. The number of fused-ring (bicyclic) bond motifs is 1. The minimum Gasteiger partial charge on any atom is -0.0870 e. The highest BCUT2D eigenvalue weighted by Crippen LogP contribution is 2.30. The Kier molecular flexibility index (Phi) is 2.82. The Labute approximate surface area is 97.6 Å². The monoisotopic (exact) mass is 210 g/mol. The van der Waals surface area contributed by atoms with Crippen molar-refractivity contribution in [2.45, 2.75) is 27.7 Å². The van der Waals surface area contributed by atoms with E-state index in [1.54, 1.807) is 0 Å². The van der Waals surface area contributed by atoms with Crippen LogP contribution in [0.5, 0.6) is 0 Å². The van der Waals surface area contributed by atoms with Crippen molar-refractivity contribution < 1.29 is 0 Å². The first-order chi connectivity index (χ1) is 7.66. The maximum absolute atomic E-state index is 2.21. The summed E-state index contributed by atoms with van der Waals surface area (Å²) in [4.78, 5) is 0. The molecule has 0 amide bonds. The molecular formula is C16H18. The zero-order valence-corrected chi connectivity index (χ0v) is 10.5. The van der Waals surface area contributed by atoms with Crippen molar-refractivity contribution in [3.8, 4) is 0 Å². The van der Waals surface area contributed by atoms with Gasteiger partial charge in [0, 0.05) is 0 Å². The predicted molar refractivity (Wildman–Crippen MR) is 72.9 cm³/mol. The minimum atomic E-state index is 1.36. The second-order valence-electron chi connectivity index (χ2n) is 4.33. The van der Waals surface area contributed by atoms with Crippen molar-refractivity contribution >= 4 is 16.8 Å². The van der Waals surface area contributed by atoms with Crippen LogP contribution in [0.3, 0.4) is 0 Å². The van der Waals surface area contributed by atoms with Crippen LogP contribution < -0.4 is 0 Å². The molecule has 0 nitrogen and oxygen atoms in total. The molecule has 0 unspecified atom stereocenters. The summed E-state index contributed by atoms with van der Waals surface area (Å²) >= 11 is 0. The molecule has 0 aromatic heterocycles. The van der Waals surface area contributed by atoms with E-state index in [1.807, 2.05) is 0 Å². The highest BCUT2D eigenvalue weighted by Gasteiger charge is 2.08. The lowest BCUT2D eigenvalue weighted by atomic mass is 9.91. The number of rotatable bonds is 1. The summed E-state index contributed by atoms with van der Waals surface area (Å²) in [5.41, 5.74) is 5.57. The summed E-state index contributed by atoms with van der Waals surface area (Å²) in [6, 6.07) is 8.65. The first kappa shape index (κ1) is 10.9. The van der Waals surface area contributed by atoms with Gasteiger partial charge in [-0.25, -0.2) is 0 Å². The summed E-state index contributed by atoms with van der Waals surface area (Å²) in [5.74, 6) is 0. The van der Waals surface area contributed by atoms with Gasteiger partial charge in [-0.15, -0.1) is 0 Å². The van der Waals surface area contributed by atoms with Crippen LogP contribution in [0.1, 0.15) is 29.2 Å². The molecule has 16 heavy (non-hydrogen) atoms. The van der Waals surface area contributed by atoms with Gasteiger partial charge >= 0.3 is 0 Å². The lowest BCUT2D eigenvalue weighted by Crippen LogP contribution is -1.93. The zero-order valence-electron chi connectivity index (χ0n) is 10.5. The normalized spacial score (nSPS) is 11.5. The Balaban J connectivity index is 2.97. The molecule has 0 N–H and O–H groups in total. The van der Waals surface area contributed by atoms with Crippen molar-refractivity contribution in [2.24, 2.45) is 0 Å². The van der Waals surface area contributed by atoms with Gasteiger partial charge < -0.3 is 0 Å². The van der Waals surface area contributed by atoms with Gasteiger partial charge in [-0.3, -0.25) is 0 Å². The van der Waals surface area contributed by atoms with Crippen LogP contribution in [0, 0.1) is 20.8 Å². The fourth-order valence-corrected chi connectivity index (χ4v) is 2.31.